The van der Waals surface area contributed by atoms with Crippen molar-refractivity contribution in [3.8, 4) is 5.75 Å². The smallest absolute Gasteiger partial charge is 0.161 e. The van der Waals surface area contributed by atoms with Crippen molar-refractivity contribution in [3.63, 3.8) is 0 Å². The number of aliphatic imine (C=N–C) groups is 1. The zero-order chi connectivity index (χ0) is 13.0. The second-order valence-electron chi connectivity index (χ2n) is 4.11. The number of rotatable bonds is 3. The average molecular weight is 285 g/mol. The normalized spacial score (nSPS) is 19.3. The molecule has 0 radical (unpaired) electrons. The van der Waals surface area contributed by atoms with Crippen LogP contribution in [-0.4, -0.2) is 24.1 Å². The van der Waals surface area contributed by atoms with Crippen LogP contribution in [0, 0.1) is 0 Å². The third-order valence-corrected chi connectivity index (χ3v) is 4.10. The predicted octanol–water partition coefficient (Wildman–Crippen LogP) is 4.03. The monoisotopic (exact) mass is 284 g/mol. The molecule has 1 heterocycles. The van der Waals surface area contributed by atoms with E-state index in [4.69, 9.17) is 16.3 Å². The number of thioether (sulfide) groups is 1. The summed E-state index contributed by atoms with van der Waals surface area (Å²) in [6, 6.07) is 6.10. The molecular weight excluding hydrogens is 268 g/mol. The van der Waals surface area contributed by atoms with E-state index >= 15 is 0 Å². The number of nitrogens with one attached hydrogen (secondary N) is 1. The van der Waals surface area contributed by atoms with Crippen molar-refractivity contribution < 1.29 is 4.74 Å². The summed E-state index contributed by atoms with van der Waals surface area (Å²) in [5.74, 6) is 1.80. The summed E-state index contributed by atoms with van der Waals surface area (Å²) < 4.78 is 5.20. The fraction of sp³-hybridized carbons (Fsp3) is 0.462. The van der Waals surface area contributed by atoms with Crippen LogP contribution in [0.3, 0.4) is 0 Å². The molecule has 0 saturated heterocycles. The van der Waals surface area contributed by atoms with Crippen LogP contribution in [0.1, 0.15) is 19.8 Å². The van der Waals surface area contributed by atoms with Gasteiger partial charge in [-0.3, -0.25) is 4.99 Å². The Morgan fingerprint density at radius 3 is 3.11 bits per heavy atom. The summed E-state index contributed by atoms with van der Waals surface area (Å²) >= 11 is 7.76. The maximum Gasteiger partial charge on any atom is 0.161 e. The summed E-state index contributed by atoms with van der Waals surface area (Å²) in [6.45, 7) is 2.17. The number of halogens is 1. The van der Waals surface area contributed by atoms with Crippen molar-refractivity contribution in [1.29, 1.82) is 0 Å². The van der Waals surface area contributed by atoms with E-state index in [1.165, 1.54) is 0 Å². The average Bonchev–Trinajstić information content (AvgIpc) is 2.41. The van der Waals surface area contributed by atoms with E-state index in [1.807, 2.05) is 18.2 Å². The first kappa shape index (κ1) is 13.6. The Morgan fingerprint density at radius 2 is 2.39 bits per heavy atom. The number of amidine groups is 1. The van der Waals surface area contributed by atoms with Gasteiger partial charge in [-0.15, -0.1) is 0 Å². The number of nitrogens with zero attached hydrogens (tertiary/aromatic N) is 1. The van der Waals surface area contributed by atoms with Gasteiger partial charge in [0, 0.05) is 17.5 Å². The Balaban J connectivity index is 2.11. The highest BCUT2D eigenvalue weighted by Gasteiger charge is 2.14. The van der Waals surface area contributed by atoms with Gasteiger partial charge in [0.1, 0.15) is 5.75 Å². The molecule has 2 rings (SSSR count). The molecule has 1 aliphatic heterocycles. The van der Waals surface area contributed by atoms with Crippen molar-refractivity contribution in [2.24, 2.45) is 4.99 Å². The third kappa shape index (κ3) is 3.33. The number of benzene rings is 1. The minimum atomic E-state index is 0.447. The van der Waals surface area contributed by atoms with Crippen LogP contribution in [0.5, 0.6) is 5.75 Å². The van der Waals surface area contributed by atoms with Gasteiger partial charge in [0.2, 0.25) is 0 Å². The summed E-state index contributed by atoms with van der Waals surface area (Å²) in [5, 5.41) is 4.92. The molecule has 98 valence electrons. The van der Waals surface area contributed by atoms with Crippen LogP contribution >= 0.6 is 23.4 Å². The lowest BCUT2D eigenvalue weighted by molar-refractivity contribution is 0.415. The van der Waals surface area contributed by atoms with E-state index in [1.54, 1.807) is 18.9 Å². The van der Waals surface area contributed by atoms with Crippen molar-refractivity contribution in [2.75, 3.05) is 18.2 Å². The number of hydrogen-bond acceptors (Lipinski definition) is 4. The maximum absolute atomic E-state index is 6.00. The van der Waals surface area contributed by atoms with Gasteiger partial charge in [0.05, 0.1) is 18.2 Å². The van der Waals surface area contributed by atoms with Crippen LogP contribution in [0.15, 0.2) is 23.2 Å². The van der Waals surface area contributed by atoms with Crippen molar-refractivity contribution in [1.82, 2.24) is 0 Å². The second-order valence-corrected chi connectivity index (χ2v) is 5.60. The van der Waals surface area contributed by atoms with Gasteiger partial charge < -0.3 is 10.1 Å². The van der Waals surface area contributed by atoms with E-state index in [-0.39, 0.29) is 0 Å². The Hall–Kier alpha value is -0.870. The molecule has 1 N–H and O–H groups in total. The molecule has 1 aromatic rings. The van der Waals surface area contributed by atoms with E-state index in [0.717, 1.165) is 29.4 Å². The molecule has 0 bridgehead atoms. The predicted molar refractivity (Wildman–Crippen MR) is 80.2 cm³/mol. The molecule has 3 nitrogen and oxygen atoms in total. The van der Waals surface area contributed by atoms with E-state index in [0.29, 0.717) is 16.8 Å². The quantitative estimate of drug-likeness (QED) is 0.910. The molecule has 1 unspecified atom stereocenters. The number of anilines is 1. The molecule has 18 heavy (non-hydrogen) atoms. The summed E-state index contributed by atoms with van der Waals surface area (Å²) in [4.78, 5) is 4.67. The SMILES string of the molecule is CCC1CCSC(Nc2ccc(Cl)c(OC)c2)=N1. The summed E-state index contributed by atoms with van der Waals surface area (Å²) in [5.41, 5.74) is 0.958. The van der Waals surface area contributed by atoms with Gasteiger partial charge >= 0.3 is 0 Å². The molecule has 0 fully saturated rings. The third-order valence-electron chi connectivity index (χ3n) is 2.86. The van der Waals surface area contributed by atoms with E-state index in [9.17, 15) is 0 Å². The zero-order valence-corrected chi connectivity index (χ0v) is 12.1. The van der Waals surface area contributed by atoms with Crippen molar-refractivity contribution in [2.45, 2.75) is 25.8 Å². The molecule has 0 saturated carbocycles. The highest BCUT2D eigenvalue weighted by molar-refractivity contribution is 8.14. The topological polar surface area (TPSA) is 33.6 Å². The molecule has 1 aromatic carbocycles. The Bertz CT molecular complexity index is 451. The van der Waals surface area contributed by atoms with E-state index < -0.39 is 0 Å². The van der Waals surface area contributed by atoms with Gasteiger partial charge in [0.15, 0.2) is 5.17 Å². The Labute approximate surface area is 117 Å². The minimum Gasteiger partial charge on any atom is -0.495 e. The molecule has 0 amide bonds. The van der Waals surface area contributed by atoms with Crippen LogP contribution in [-0.2, 0) is 0 Å². The molecule has 0 spiro atoms. The van der Waals surface area contributed by atoms with Crippen LogP contribution < -0.4 is 10.1 Å². The molecule has 0 aliphatic carbocycles. The van der Waals surface area contributed by atoms with E-state index in [2.05, 4.69) is 17.2 Å². The Kier molecular flexibility index (Phi) is 4.78. The summed E-state index contributed by atoms with van der Waals surface area (Å²) in [7, 11) is 1.62. The van der Waals surface area contributed by atoms with Crippen LogP contribution in [0.4, 0.5) is 5.69 Å². The summed E-state index contributed by atoms with van der Waals surface area (Å²) in [6.07, 6.45) is 2.26. The van der Waals surface area contributed by atoms with Gasteiger partial charge in [-0.2, -0.15) is 0 Å². The standard InChI is InChI=1S/C13H17ClN2OS/c1-3-9-6-7-18-13(15-9)16-10-4-5-11(14)12(8-10)17-2/h4-5,8-9H,3,6-7H2,1-2H3,(H,15,16). The Morgan fingerprint density at radius 1 is 1.56 bits per heavy atom. The first-order valence-electron chi connectivity index (χ1n) is 6.04. The molecule has 1 aliphatic rings. The first-order chi connectivity index (χ1) is 8.72. The lowest BCUT2D eigenvalue weighted by Gasteiger charge is -2.19. The first-order valence-corrected chi connectivity index (χ1v) is 7.40. The van der Waals surface area contributed by atoms with Crippen molar-refractivity contribution in [3.05, 3.63) is 23.2 Å². The molecule has 1 atom stereocenters. The highest BCUT2D eigenvalue weighted by Crippen LogP contribution is 2.28. The number of methoxy groups -OCH3 is 1. The van der Waals surface area contributed by atoms with Gasteiger partial charge in [-0.25, -0.2) is 0 Å². The van der Waals surface area contributed by atoms with Crippen molar-refractivity contribution >= 4 is 34.2 Å². The molecule has 5 heteroatoms. The van der Waals surface area contributed by atoms with Gasteiger partial charge in [0.25, 0.3) is 0 Å². The van der Waals surface area contributed by atoms with Crippen LogP contribution in [0.2, 0.25) is 5.02 Å². The zero-order valence-electron chi connectivity index (χ0n) is 10.6. The lowest BCUT2D eigenvalue weighted by atomic mass is 10.2. The van der Waals surface area contributed by atoms with Crippen LogP contribution in [0.25, 0.3) is 0 Å². The number of hydrogen-bond donors (Lipinski definition) is 1. The largest absolute Gasteiger partial charge is 0.495 e. The maximum atomic E-state index is 6.00. The minimum absolute atomic E-state index is 0.447. The fourth-order valence-corrected chi connectivity index (χ4v) is 2.98. The fourth-order valence-electron chi connectivity index (χ4n) is 1.78. The lowest BCUT2D eigenvalue weighted by Crippen LogP contribution is -2.19. The number of ether oxygens (including phenoxy) is 1. The second kappa shape index (κ2) is 6.34. The van der Waals surface area contributed by atoms with Gasteiger partial charge in [-0.1, -0.05) is 30.3 Å². The molecule has 0 aromatic heterocycles. The molecular formula is C13H17ClN2OS. The highest BCUT2D eigenvalue weighted by atomic mass is 35.5. The van der Waals surface area contributed by atoms with Gasteiger partial charge in [-0.05, 0) is 25.0 Å².